The summed E-state index contributed by atoms with van der Waals surface area (Å²) in [5.74, 6) is 0. The summed E-state index contributed by atoms with van der Waals surface area (Å²) in [6.07, 6.45) is 2.12. The van der Waals surface area contributed by atoms with E-state index in [1.165, 1.54) is 100 Å². The van der Waals surface area contributed by atoms with Gasteiger partial charge in [-0.2, -0.15) is 0 Å². The maximum absolute atomic E-state index is 2.48. The van der Waals surface area contributed by atoms with E-state index in [0.717, 1.165) is 12.8 Å². The highest BCUT2D eigenvalue weighted by Crippen LogP contribution is 2.53. The lowest BCUT2D eigenvalue weighted by molar-refractivity contribution is 0.644. The predicted molar refractivity (Wildman–Crippen MR) is 207 cm³/mol. The highest BCUT2D eigenvalue weighted by molar-refractivity contribution is 5.92. The van der Waals surface area contributed by atoms with Gasteiger partial charge in [0.15, 0.2) is 0 Å². The van der Waals surface area contributed by atoms with Crippen LogP contribution >= 0.6 is 0 Å². The molecule has 0 atom stereocenters. The van der Waals surface area contributed by atoms with Crippen molar-refractivity contribution in [2.24, 2.45) is 0 Å². The lowest BCUT2D eigenvalue weighted by atomic mass is 9.79. The number of hydrogen-bond acceptors (Lipinski definition) is 0. The summed E-state index contributed by atoms with van der Waals surface area (Å²) < 4.78 is 4.96. The molecule has 8 aromatic rings. The molecular weight excluding hydrogens is 605 g/mol. The van der Waals surface area contributed by atoms with Crippen LogP contribution < -0.4 is 0 Å². The molecule has 4 heterocycles. The predicted octanol–water partition coefficient (Wildman–Crippen LogP) is 11.7. The standard InChI is InChI=1S/2C24H19N/c1-24(2)20-12-17-11-15-7-3-5-9-18(15)19(17)14-22(20)25-21-10-6-4-8-16(21)13-23(24)25;1-24(2)21-14-16-8-4-6-10-19(16)25(21)20-12-11-17-13-15-7-3-5-9-18(15)22(17)23(20)24/h3-10,12-14H,11H2,1-2H3;3-12,14H,13H2,1-2H3. The molecule has 0 amide bonds. The summed E-state index contributed by atoms with van der Waals surface area (Å²) >= 11 is 0. The second-order valence-electron chi connectivity index (χ2n) is 15.8. The van der Waals surface area contributed by atoms with Crippen molar-refractivity contribution in [2.45, 2.75) is 51.4 Å². The third-order valence-electron chi connectivity index (χ3n) is 12.3. The number of nitrogens with zero attached hydrogens (tertiary/aromatic N) is 2. The molecule has 0 N–H and O–H groups in total. The van der Waals surface area contributed by atoms with E-state index in [0.29, 0.717) is 0 Å². The Kier molecular flexibility index (Phi) is 5.40. The lowest BCUT2D eigenvalue weighted by Gasteiger charge is -2.22. The third kappa shape index (κ3) is 3.53. The van der Waals surface area contributed by atoms with Gasteiger partial charge < -0.3 is 9.13 Å². The molecule has 0 radical (unpaired) electrons. The van der Waals surface area contributed by atoms with E-state index >= 15 is 0 Å². The van der Waals surface area contributed by atoms with E-state index in [4.69, 9.17) is 0 Å². The SMILES string of the molecule is CC1(C)c2c(ccc3c2-c2ccccc2C3)-n2c1cc1ccccc12.CC1(C)c2cc3c(cc2-n2c1cc1ccccc12)-c1ccccc1C3. The van der Waals surface area contributed by atoms with E-state index in [1.54, 1.807) is 0 Å². The normalized spacial score (nSPS) is 15.8. The summed E-state index contributed by atoms with van der Waals surface area (Å²) in [6.45, 7) is 9.48. The molecule has 2 aliphatic heterocycles. The third-order valence-corrected chi connectivity index (χ3v) is 12.3. The average Bonchev–Trinajstić information content (AvgIpc) is 3.95. The van der Waals surface area contributed by atoms with Crippen molar-refractivity contribution in [3.63, 3.8) is 0 Å². The zero-order valence-corrected chi connectivity index (χ0v) is 29.0. The van der Waals surface area contributed by atoms with Crippen molar-refractivity contribution in [2.75, 3.05) is 0 Å². The molecule has 2 nitrogen and oxygen atoms in total. The highest BCUT2D eigenvalue weighted by atomic mass is 15.0. The van der Waals surface area contributed by atoms with Crippen molar-refractivity contribution in [3.05, 3.63) is 178 Å². The van der Waals surface area contributed by atoms with Crippen LogP contribution in [0.2, 0.25) is 0 Å². The van der Waals surface area contributed by atoms with Gasteiger partial charge in [-0.05, 0) is 105 Å². The maximum atomic E-state index is 2.48. The molecule has 2 aromatic heterocycles. The first-order valence-electron chi connectivity index (χ1n) is 18.0. The minimum Gasteiger partial charge on any atom is -0.312 e. The average molecular weight is 643 g/mol. The molecule has 0 bridgehead atoms. The zero-order valence-electron chi connectivity index (χ0n) is 29.0. The maximum Gasteiger partial charge on any atom is 0.0531 e. The number of hydrogen-bond donors (Lipinski definition) is 0. The van der Waals surface area contributed by atoms with E-state index in [-0.39, 0.29) is 10.8 Å². The van der Waals surface area contributed by atoms with Crippen LogP contribution in [0, 0.1) is 0 Å². The molecule has 2 heteroatoms. The van der Waals surface area contributed by atoms with Crippen molar-refractivity contribution >= 4 is 21.8 Å². The molecule has 0 spiro atoms. The number of para-hydroxylation sites is 2. The molecule has 4 aliphatic rings. The fourth-order valence-electron chi connectivity index (χ4n) is 9.91. The minimum absolute atomic E-state index is 0.0111. The van der Waals surface area contributed by atoms with E-state index in [1.807, 2.05) is 0 Å². The lowest BCUT2D eigenvalue weighted by Crippen LogP contribution is -2.16. The monoisotopic (exact) mass is 642 g/mol. The van der Waals surface area contributed by atoms with Gasteiger partial charge in [-0.3, -0.25) is 0 Å². The summed E-state index contributed by atoms with van der Waals surface area (Å²) in [5.41, 5.74) is 22.8. The van der Waals surface area contributed by atoms with Crippen LogP contribution in [0.1, 0.15) is 72.5 Å². The number of fused-ring (bicyclic) bond motifs is 17. The second kappa shape index (κ2) is 9.55. The number of rotatable bonds is 0. The van der Waals surface area contributed by atoms with Gasteiger partial charge in [0, 0.05) is 33.0 Å². The Morgan fingerprint density at radius 2 is 1.00 bits per heavy atom. The Morgan fingerprint density at radius 3 is 1.72 bits per heavy atom. The summed E-state index contributed by atoms with van der Waals surface area (Å²) in [7, 11) is 0. The molecule has 6 aromatic carbocycles. The highest BCUT2D eigenvalue weighted by Gasteiger charge is 2.42. The van der Waals surface area contributed by atoms with Gasteiger partial charge in [0.25, 0.3) is 0 Å². The molecule has 0 saturated heterocycles. The van der Waals surface area contributed by atoms with Crippen molar-refractivity contribution in [1.82, 2.24) is 9.13 Å². The quantitative estimate of drug-likeness (QED) is 0.156. The summed E-state index contributed by atoms with van der Waals surface area (Å²) in [4.78, 5) is 0. The van der Waals surface area contributed by atoms with Crippen LogP contribution in [-0.2, 0) is 23.7 Å². The van der Waals surface area contributed by atoms with E-state index < -0.39 is 0 Å². The molecule has 12 rings (SSSR count). The van der Waals surface area contributed by atoms with Crippen LogP contribution in [0.4, 0.5) is 0 Å². The zero-order chi connectivity index (χ0) is 33.5. The number of aromatic nitrogens is 2. The first kappa shape index (κ1) is 28.3. The molecule has 50 heavy (non-hydrogen) atoms. The Hall–Kier alpha value is -5.60. The first-order chi connectivity index (χ1) is 24.3. The van der Waals surface area contributed by atoms with Crippen molar-refractivity contribution in [3.8, 4) is 33.6 Å². The topological polar surface area (TPSA) is 9.86 Å². The van der Waals surface area contributed by atoms with Gasteiger partial charge in [-0.1, -0.05) is 125 Å². The summed E-state index contributed by atoms with van der Waals surface area (Å²) in [6, 6.07) is 49.5. The van der Waals surface area contributed by atoms with E-state index in [2.05, 4.69) is 170 Å². The fraction of sp³-hybridized carbons (Fsp3) is 0.167. The largest absolute Gasteiger partial charge is 0.312 e. The second-order valence-corrected chi connectivity index (χ2v) is 15.8. The van der Waals surface area contributed by atoms with Gasteiger partial charge in [0.1, 0.15) is 0 Å². The Morgan fingerprint density at radius 1 is 0.440 bits per heavy atom. The fourth-order valence-corrected chi connectivity index (χ4v) is 9.91. The van der Waals surface area contributed by atoms with Crippen molar-refractivity contribution < 1.29 is 0 Å². The molecule has 2 aliphatic carbocycles. The van der Waals surface area contributed by atoms with E-state index in [9.17, 15) is 0 Å². The van der Waals surface area contributed by atoms with Gasteiger partial charge in [0.2, 0.25) is 0 Å². The van der Waals surface area contributed by atoms with Crippen molar-refractivity contribution in [1.29, 1.82) is 0 Å². The van der Waals surface area contributed by atoms with Crippen LogP contribution in [0.15, 0.2) is 133 Å². The Bertz CT molecular complexity index is 2720. The van der Waals surface area contributed by atoms with Gasteiger partial charge in [0.05, 0.1) is 22.4 Å². The van der Waals surface area contributed by atoms with Gasteiger partial charge >= 0.3 is 0 Å². The molecule has 0 unspecified atom stereocenters. The first-order valence-corrected chi connectivity index (χ1v) is 18.0. The molecular formula is C48H38N2. The summed E-state index contributed by atoms with van der Waals surface area (Å²) in [5, 5.41) is 2.66. The van der Waals surface area contributed by atoms with Gasteiger partial charge in [-0.15, -0.1) is 0 Å². The number of benzene rings is 6. The Labute approximate surface area is 293 Å². The molecule has 0 saturated carbocycles. The Balaban J connectivity index is 0.000000120. The van der Waals surface area contributed by atoms with Crippen LogP contribution in [-0.4, -0.2) is 9.13 Å². The smallest absolute Gasteiger partial charge is 0.0531 e. The van der Waals surface area contributed by atoms with Crippen LogP contribution in [0.3, 0.4) is 0 Å². The molecule has 240 valence electrons. The van der Waals surface area contributed by atoms with Gasteiger partial charge in [-0.25, -0.2) is 0 Å². The van der Waals surface area contributed by atoms with Crippen LogP contribution in [0.25, 0.3) is 55.4 Å². The molecule has 0 fully saturated rings. The minimum atomic E-state index is 0.0111. The van der Waals surface area contributed by atoms with Crippen LogP contribution in [0.5, 0.6) is 0 Å².